The fraction of sp³-hybridized carbons (Fsp3) is 0.0370. The molecular weight excluding hydrogens is 464 g/mol. The van der Waals surface area contributed by atoms with Crippen LogP contribution in [0.1, 0.15) is 16.8 Å². The van der Waals surface area contributed by atoms with Gasteiger partial charge in [-0.25, -0.2) is 13.6 Å². The average Bonchev–Trinajstić information content (AvgIpc) is 3.46. The number of H-pyrrole nitrogens is 1. The molecule has 1 aliphatic rings. The van der Waals surface area contributed by atoms with Crippen molar-refractivity contribution in [2.75, 3.05) is 21.3 Å². The molecular formula is C27H21F2N5O2. The predicted molar refractivity (Wildman–Crippen MR) is 137 cm³/mol. The molecule has 0 atom stereocenters. The number of halogens is 2. The van der Waals surface area contributed by atoms with Gasteiger partial charge in [-0.1, -0.05) is 12.1 Å². The fourth-order valence-electron chi connectivity index (χ4n) is 3.87. The van der Waals surface area contributed by atoms with Crippen molar-refractivity contribution in [1.29, 1.82) is 0 Å². The van der Waals surface area contributed by atoms with E-state index in [1.165, 1.54) is 0 Å². The summed E-state index contributed by atoms with van der Waals surface area (Å²) < 4.78 is 27.2. The van der Waals surface area contributed by atoms with Gasteiger partial charge in [0.05, 0.1) is 16.9 Å². The maximum absolute atomic E-state index is 13.8. The second-order valence-electron chi connectivity index (χ2n) is 8.26. The van der Waals surface area contributed by atoms with Crippen LogP contribution in [-0.4, -0.2) is 16.9 Å². The molecule has 5 N–H and O–H groups in total. The summed E-state index contributed by atoms with van der Waals surface area (Å²) in [4.78, 5) is 27.9. The lowest BCUT2D eigenvalue weighted by Gasteiger charge is -2.14. The van der Waals surface area contributed by atoms with Crippen LogP contribution in [0.5, 0.6) is 0 Å². The third-order valence-electron chi connectivity index (χ3n) is 5.68. The van der Waals surface area contributed by atoms with Gasteiger partial charge < -0.3 is 26.3 Å². The Morgan fingerprint density at radius 1 is 0.917 bits per heavy atom. The van der Waals surface area contributed by atoms with Gasteiger partial charge in [-0.15, -0.1) is 0 Å². The van der Waals surface area contributed by atoms with E-state index in [4.69, 9.17) is 0 Å². The highest BCUT2D eigenvalue weighted by Crippen LogP contribution is 2.36. The number of aromatic nitrogens is 1. The van der Waals surface area contributed by atoms with Crippen molar-refractivity contribution in [3.05, 3.63) is 101 Å². The van der Waals surface area contributed by atoms with Gasteiger partial charge >= 0.3 is 6.03 Å². The Morgan fingerprint density at radius 2 is 1.75 bits per heavy atom. The molecule has 0 fully saturated rings. The molecule has 5 rings (SSSR count). The Kier molecular flexibility index (Phi) is 5.95. The predicted octanol–water partition coefficient (Wildman–Crippen LogP) is 6.48. The van der Waals surface area contributed by atoms with Crippen molar-refractivity contribution in [1.82, 2.24) is 4.98 Å². The summed E-state index contributed by atoms with van der Waals surface area (Å²) in [5, 5.41) is 11.1. The first-order valence-electron chi connectivity index (χ1n) is 11.1. The summed E-state index contributed by atoms with van der Waals surface area (Å²) in [6.45, 7) is 1.90. The van der Waals surface area contributed by atoms with Crippen molar-refractivity contribution >= 4 is 52.0 Å². The highest BCUT2D eigenvalue weighted by molar-refractivity contribution is 6.35. The SMILES string of the molecule is Cc1ccc(NC(=O)Nc2cc(F)ccc2F)cc1Nc1ccc2c(c1)NC(=O)/C2=C/c1ccc[nH]1. The van der Waals surface area contributed by atoms with Crippen LogP contribution in [0.3, 0.4) is 0 Å². The van der Waals surface area contributed by atoms with Gasteiger partial charge in [0.25, 0.3) is 5.91 Å². The van der Waals surface area contributed by atoms with Crippen LogP contribution in [0.25, 0.3) is 11.6 Å². The minimum Gasteiger partial charge on any atom is -0.362 e. The average molecular weight is 485 g/mol. The monoisotopic (exact) mass is 485 g/mol. The van der Waals surface area contributed by atoms with E-state index in [0.717, 1.165) is 46.4 Å². The van der Waals surface area contributed by atoms with Crippen LogP contribution < -0.4 is 21.3 Å². The molecule has 0 spiro atoms. The second-order valence-corrected chi connectivity index (χ2v) is 8.26. The van der Waals surface area contributed by atoms with Crippen LogP contribution in [0.2, 0.25) is 0 Å². The number of rotatable bonds is 5. The molecule has 0 aliphatic carbocycles. The number of aromatic amines is 1. The van der Waals surface area contributed by atoms with Crippen molar-refractivity contribution in [3.8, 4) is 0 Å². The largest absolute Gasteiger partial charge is 0.362 e. The molecule has 4 aromatic rings. The zero-order valence-corrected chi connectivity index (χ0v) is 19.1. The number of benzene rings is 3. The lowest BCUT2D eigenvalue weighted by molar-refractivity contribution is -0.110. The molecule has 9 heteroatoms. The van der Waals surface area contributed by atoms with Gasteiger partial charge in [0.15, 0.2) is 0 Å². The zero-order valence-electron chi connectivity index (χ0n) is 19.1. The van der Waals surface area contributed by atoms with Gasteiger partial charge in [0, 0.05) is 40.6 Å². The molecule has 0 radical (unpaired) electrons. The second kappa shape index (κ2) is 9.38. The molecule has 1 aliphatic heterocycles. The van der Waals surface area contributed by atoms with E-state index in [1.807, 2.05) is 43.3 Å². The summed E-state index contributed by atoms with van der Waals surface area (Å²) in [6, 6.07) is 16.6. The summed E-state index contributed by atoms with van der Waals surface area (Å²) in [5.74, 6) is -1.58. The molecule has 36 heavy (non-hydrogen) atoms. The fourth-order valence-corrected chi connectivity index (χ4v) is 3.87. The lowest BCUT2D eigenvalue weighted by Crippen LogP contribution is -2.20. The van der Waals surface area contributed by atoms with Crippen molar-refractivity contribution in [3.63, 3.8) is 0 Å². The number of hydrogen-bond acceptors (Lipinski definition) is 3. The molecule has 1 aromatic heterocycles. The summed E-state index contributed by atoms with van der Waals surface area (Å²) in [6.07, 6.45) is 3.59. The molecule has 3 aromatic carbocycles. The van der Waals surface area contributed by atoms with E-state index < -0.39 is 17.7 Å². The number of hydrogen-bond donors (Lipinski definition) is 5. The van der Waals surface area contributed by atoms with Crippen molar-refractivity contribution in [2.45, 2.75) is 6.92 Å². The zero-order chi connectivity index (χ0) is 25.2. The van der Waals surface area contributed by atoms with E-state index >= 15 is 0 Å². The quantitative estimate of drug-likeness (QED) is 0.209. The van der Waals surface area contributed by atoms with Gasteiger partial charge in [0.2, 0.25) is 0 Å². The molecule has 7 nitrogen and oxygen atoms in total. The summed E-state index contributed by atoms with van der Waals surface area (Å²) in [7, 11) is 0. The molecule has 2 heterocycles. The summed E-state index contributed by atoms with van der Waals surface area (Å²) in [5.41, 5.74) is 5.44. The van der Waals surface area contributed by atoms with Gasteiger partial charge in [-0.05, 0) is 67.1 Å². The first-order chi connectivity index (χ1) is 17.4. The number of carbonyl (C=O) groups is 2. The first-order valence-corrected chi connectivity index (χ1v) is 11.1. The number of anilines is 5. The number of urea groups is 1. The highest BCUT2D eigenvalue weighted by Gasteiger charge is 2.24. The minimum atomic E-state index is -0.743. The Hall–Kier alpha value is -4.92. The maximum atomic E-state index is 13.8. The molecule has 0 unspecified atom stereocenters. The molecule has 0 bridgehead atoms. The highest BCUT2D eigenvalue weighted by atomic mass is 19.1. The Bertz CT molecular complexity index is 1510. The van der Waals surface area contributed by atoms with E-state index in [-0.39, 0.29) is 11.6 Å². The number of carbonyl (C=O) groups excluding carboxylic acids is 2. The normalized spacial score (nSPS) is 13.3. The Morgan fingerprint density at radius 3 is 2.56 bits per heavy atom. The Labute approximate surface area is 205 Å². The first kappa shape index (κ1) is 22.9. The van der Waals surface area contributed by atoms with E-state index in [9.17, 15) is 18.4 Å². The number of amides is 3. The molecule has 0 saturated heterocycles. The lowest BCUT2D eigenvalue weighted by atomic mass is 10.1. The Balaban J connectivity index is 1.32. The van der Waals surface area contributed by atoms with Crippen molar-refractivity contribution < 1.29 is 18.4 Å². The minimum absolute atomic E-state index is 0.181. The van der Waals surface area contributed by atoms with Crippen LogP contribution in [0.15, 0.2) is 72.9 Å². The maximum Gasteiger partial charge on any atom is 0.323 e. The standard InChI is InChI=1S/C27H21F2N5O2/c1-15-4-6-19(32-27(36)34-25-11-16(28)5-9-22(25)29)13-23(15)31-18-7-8-20-21(12-17-3-2-10-30-17)26(35)33-24(20)14-18/h2-14,30-31H,1H3,(H,33,35)(H2,32,34,36)/b21-12+. The van der Waals surface area contributed by atoms with Gasteiger partial charge in [0.1, 0.15) is 11.6 Å². The topological polar surface area (TPSA) is 98.0 Å². The number of aryl methyl sites for hydroxylation is 1. The van der Waals surface area contributed by atoms with Crippen LogP contribution in [0, 0.1) is 18.6 Å². The number of fused-ring (bicyclic) bond motifs is 1. The smallest absolute Gasteiger partial charge is 0.323 e. The van der Waals surface area contributed by atoms with E-state index in [0.29, 0.717) is 16.9 Å². The third-order valence-corrected chi connectivity index (χ3v) is 5.68. The van der Waals surface area contributed by atoms with E-state index in [2.05, 4.69) is 26.3 Å². The molecule has 0 saturated carbocycles. The van der Waals surface area contributed by atoms with Crippen molar-refractivity contribution in [2.24, 2.45) is 0 Å². The van der Waals surface area contributed by atoms with Crippen LogP contribution in [-0.2, 0) is 4.79 Å². The molecule has 3 amide bonds. The third kappa shape index (κ3) is 4.80. The van der Waals surface area contributed by atoms with Crippen LogP contribution >= 0.6 is 0 Å². The number of nitrogens with one attached hydrogen (secondary N) is 5. The summed E-state index contributed by atoms with van der Waals surface area (Å²) >= 11 is 0. The van der Waals surface area contributed by atoms with Gasteiger partial charge in [-0.2, -0.15) is 0 Å². The molecule has 180 valence electrons. The van der Waals surface area contributed by atoms with Crippen LogP contribution in [0.4, 0.5) is 42.0 Å². The van der Waals surface area contributed by atoms with E-state index in [1.54, 1.807) is 24.4 Å². The van der Waals surface area contributed by atoms with Gasteiger partial charge in [-0.3, -0.25) is 4.79 Å².